The fraction of sp³-hybridized carbons (Fsp3) is 0.250. The molecule has 19 heavy (non-hydrogen) atoms. The number of anilines is 1. The lowest BCUT2D eigenvalue weighted by molar-refractivity contribution is 0.219. The summed E-state index contributed by atoms with van der Waals surface area (Å²) in [4.78, 5) is 17.6. The molecule has 0 saturated heterocycles. The van der Waals surface area contributed by atoms with Gasteiger partial charge < -0.3 is 10.2 Å². The van der Waals surface area contributed by atoms with Gasteiger partial charge in [0.1, 0.15) is 5.82 Å². The van der Waals surface area contributed by atoms with Gasteiger partial charge in [-0.3, -0.25) is 5.10 Å². The Morgan fingerprint density at radius 3 is 2.68 bits per heavy atom. The van der Waals surface area contributed by atoms with Crippen LogP contribution in [-0.4, -0.2) is 33.2 Å². The first kappa shape index (κ1) is 13.4. The van der Waals surface area contributed by atoms with Crippen molar-refractivity contribution in [3.05, 3.63) is 40.9 Å². The molecule has 0 spiro atoms. The van der Waals surface area contributed by atoms with Gasteiger partial charge in [-0.1, -0.05) is 11.6 Å². The number of nitrogens with one attached hydrogen (secondary N) is 2. The Morgan fingerprint density at radius 2 is 2.11 bits per heavy atom. The largest absolute Gasteiger partial charge is 0.321 e. The summed E-state index contributed by atoms with van der Waals surface area (Å²) in [6, 6.07) is 6.69. The lowest BCUT2D eigenvalue weighted by Gasteiger charge is -2.16. The summed E-state index contributed by atoms with van der Waals surface area (Å²) in [5.74, 6) is 1.30. The van der Waals surface area contributed by atoms with Gasteiger partial charge in [0, 0.05) is 17.8 Å². The number of hydrogen-bond donors (Lipinski definition) is 2. The number of aryl methyl sites for hydroxylation is 1. The summed E-state index contributed by atoms with van der Waals surface area (Å²) in [6.45, 7) is 2.15. The van der Waals surface area contributed by atoms with Crippen molar-refractivity contribution in [2.75, 3.05) is 12.4 Å². The SMILES string of the molecule is Cc1nc(CN(C)C(=O)Nc2ccc(Cl)cc2)n[nH]1. The van der Waals surface area contributed by atoms with Crippen molar-refractivity contribution in [2.45, 2.75) is 13.5 Å². The smallest absolute Gasteiger partial charge is 0.320 e. The highest BCUT2D eigenvalue weighted by Crippen LogP contribution is 2.13. The molecule has 7 heteroatoms. The number of hydrogen-bond acceptors (Lipinski definition) is 3. The van der Waals surface area contributed by atoms with E-state index >= 15 is 0 Å². The van der Waals surface area contributed by atoms with Crippen LogP contribution in [0.3, 0.4) is 0 Å². The molecule has 2 aromatic rings. The fourth-order valence-corrected chi connectivity index (χ4v) is 1.62. The van der Waals surface area contributed by atoms with Crippen LogP contribution in [0.5, 0.6) is 0 Å². The normalized spacial score (nSPS) is 10.3. The van der Waals surface area contributed by atoms with Gasteiger partial charge in [0.05, 0.1) is 6.54 Å². The number of benzene rings is 1. The molecular weight excluding hydrogens is 266 g/mol. The molecule has 0 aliphatic heterocycles. The van der Waals surface area contributed by atoms with E-state index < -0.39 is 0 Å². The Hall–Kier alpha value is -2.08. The van der Waals surface area contributed by atoms with Crippen LogP contribution in [0.25, 0.3) is 0 Å². The monoisotopic (exact) mass is 279 g/mol. The van der Waals surface area contributed by atoms with Gasteiger partial charge in [0.15, 0.2) is 5.82 Å². The molecular formula is C12H14ClN5O. The predicted octanol–water partition coefficient (Wildman–Crippen LogP) is 2.43. The van der Waals surface area contributed by atoms with E-state index in [0.29, 0.717) is 23.1 Å². The summed E-state index contributed by atoms with van der Waals surface area (Å²) in [7, 11) is 1.68. The topological polar surface area (TPSA) is 73.9 Å². The number of carbonyl (C=O) groups is 1. The lowest BCUT2D eigenvalue weighted by Crippen LogP contribution is -2.31. The van der Waals surface area contributed by atoms with E-state index in [1.165, 1.54) is 4.90 Å². The van der Waals surface area contributed by atoms with Gasteiger partial charge >= 0.3 is 6.03 Å². The number of carbonyl (C=O) groups excluding carboxylic acids is 1. The molecule has 0 radical (unpaired) electrons. The van der Waals surface area contributed by atoms with Crippen LogP contribution in [0, 0.1) is 6.92 Å². The molecule has 1 aromatic heterocycles. The predicted molar refractivity (Wildman–Crippen MR) is 73.1 cm³/mol. The summed E-state index contributed by atoms with van der Waals surface area (Å²) < 4.78 is 0. The van der Waals surface area contributed by atoms with Crippen LogP contribution in [0.4, 0.5) is 10.5 Å². The van der Waals surface area contributed by atoms with Crippen LogP contribution >= 0.6 is 11.6 Å². The molecule has 2 amide bonds. The molecule has 0 atom stereocenters. The zero-order valence-corrected chi connectivity index (χ0v) is 11.4. The maximum Gasteiger partial charge on any atom is 0.321 e. The van der Waals surface area contributed by atoms with E-state index in [1.54, 1.807) is 31.3 Å². The number of urea groups is 1. The first-order valence-corrected chi connectivity index (χ1v) is 6.08. The highest BCUT2D eigenvalue weighted by Gasteiger charge is 2.11. The quantitative estimate of drug-likeness (QED) is 0.906. The Balaban J connectivity index is 1.94. The minimum absolute atomic E-state index is 0.232. The molecule has 0 bridgehead atoms. The van der Waals surface area contributed by atoms with Gasteiger partial charge in [-0.05, 0) is 31.2 Å². The third-order valence-corrected chi connectivity index (χ3v) is 2.72. The Bertz CT molecular complexity index is 566. The number of amides is 2. The van der Waals surface area contributed by atoms with E-state index in [4.69, 9.17) is 11.6 Å². The van der Waals surface area contributed by atoms with Crippen LogP contribution in [-0.2, 0) is 6.54 Å². The molecule has 0 saturated carbocycles. The lowest BCUT2D eigenvalue weighted by atomic mass is 10.3. The van der Waals surface area contributed by atoms with Crippen molar-refractivity contribution in [3.63, 3.8) is 0 Å². The first-order valence-electron chi connectivity index (χ1n) is 5.70. The minimum atomic E-state index is -0.232. The molecule has 100 valence electrons. The number of rotatable bonds is 3. The molecule has 2 N–H and O–H groups in total. The van der Waals surface area contributed by atoms with E-state index in [0.717, 1.165) is 5.82 Å². The zero-order valence-electron chi connectivity index (χ0n) is 10.6. The van der Waals surface area contributed by atoms with Crippen molar-refractivity contribution in [1.29, 1.82) is 0 Å². The molecule has 0 unspecified atom stereocenters. The summed E-state index contributed by atoms with van der Waals surface area (Å²) in [6.07, 6.45) is 0. The van der Waals surface area contributed by atoms with E-state index in [2.05, 4.69) is 20.5 Å². The Labute approximate surface area is 115 Å². The molecule has 1 heterocycles. The Kier molecular flexibility index (Phi) is 4.01. The standard InChI is InChI=1S/C12H14ClN5O/c1-8-14-11(17-16-8)7-18(2)12(19)15-10-5-3-9(13)4-6-10/h3-6H,7H2,1-2H3,(H,15,19)(H,14,16,17). The highest BCUT2D eigenvalue weighted by molar-refractivity contribution is 6.30. The molecule has 0 aliphatic rings. The molecule has 2 rings (SSSR count). The number of halogens is 1. The van der Waals surface area contributed by atoms with Gasteiger partial charge in [0.25, 0.3) is 0 Å². The fourth-order valence-electron chi connectivity index (χ4n) is 1.50. The van der Waals surface area contributed by atoms with Crippen LogP contribution < -0.4 is 5.32 Å². The number of aromatic amines is 1. The average molecular weight is 280 g/mol. The number of nitrogens with zero attached hydrogens (tertiary/aromatic N) is 3. The van der Waals surface area contributed by atoms with Crippen molar-refractivity contribution in [3.8, 4) is 0 Å². The van der Waals surface area contributed by atoms with Crippen LogP contribution in [0.15, 0.2) is 24.3 Å². The zero-order chi connectivity index (χ0) is 13.8. The second-order valence-electron chi connectivity index (χ2n) is 4.13. The first-order chi connectivity index (χ1) is 9.04. The van der Waals surface area contributed by atoms with Crippen molar-refractivity contribution in [1.82, 2.24) is 20.1 Å². The molecule has 1 aromatic carbocycles. The minimum Gasteiger partial charge on any atom is -0.320 e. The van der Waals surface area contributed by atoms with E-state index in [-0.39, 0.29) is 6.03 Å². The second-order valence-corrected chi connectivity index (χ2v) is 4.57. The average Bonchev–Trinajstić information content (AvgIpc) is 2.77. The Morgan fingerprint density at radius 1 is 1.42 bits per heavy atom. The third-order valence-electron chi connectivity index (χ3n) is 2.46. The van der Waals surface area contributed by atoms with Gasteiger partial charge in [-0.25, -0.2) is 9.78 Å². The van der Waals surface area contributed by atoms with Gasteiger partial charge in [-0.15, -0.1) is 0 Å². The molecule has 0 aliphatic carbocycles. The van der Waals surface area contributed by atoms with Crippen molar-refractivity contribution in [2.24, 2.45) is 0 Å². The summed E-state index contributed by atoms with van der Waals surface area (Å²) in [5.41, 5.74) is 0.687. The third kappa shape index (κ3) is 3.69. The number of aromatic nitrogens is 3. The summed E-state index contributed by atoms with van der Waals surface area (Å²) >= 11 is 5.78. The van der Waals surface area contributed by atoms with E-state index in [1.807, 2.05) is 6.92 Å². The van der Waals surface area contributed by atoms with Crippen LogP contribution in [0.1, 0.15) is 11.6 Å². The van der Waals surface area contributed by atoms with Crippen molar-refractivity contribution < 1.29 is 4.79 Å². The molecule has 6 nitrogen and oxygen atoms in total. The van der Waals surface area contributed by atoms with E-state index in [9.17, 15) is 4.79 Å². The maximum atomic E-state index is 11.9. The van der Waals surface area contributed by atoms with Gasteiger partial charge in [0.2, 0.25) is 0 Å². The van der Waals surface area contributed by atoms with Crippen LogP contribution in [0.2, 0.25) is 5.02 Å². The second kappa shape index (κ2) is 5.71. The molecule has 0 fully saturated rings. The van der Waals surface area contributed by atoms with Crippen molar-refractivity contribution >= 4 is 23.3 Å². The highest BCUT2D eigenvalue weighted by atomic mass is 35.5. The maximum absolute atomic E-state index is 11.9. The number of H-pyrrole nitrogens is 1. The summed E-state index contributed by atoms with van der Waals surface area (Å²) in [5, 5.41) is 10.1. The van der Waals surface area contributed by atoms with Gasteiger partial charge in [-0.2, -0.15) is 5.10 Å².